The third-order valence-electron chi connectivity index (χ3n) is 6.69. The third kappa shape index (κ3) is 4.98. The van der Waals surface area contributed by atoms with Crippen LogP contribution in [0.4, 0.5) is 0 Å². The normalized spacial score (nSPS) is 13.9. The fourth-order valence-corrected chi connectivity index (χ4v) is 4.89. The van der Waals surface area contributed by atoms with Crippen LogP contribution in [0.3, 0.4) is 0 Å². The quantitative estimate of drug-likeness (QED) is 0.338. The first-order chi connectivity index (χ1) is 17.5. The molecule has 0 aliphatic heterocycles. The van der Waals surface area contributed by atoms with Crippen LogP contribution in [0.25, 0.3) is 28.2 Å². The van der Waals surface area contributed by atoms with E-state index in [9.17, 15) is 9.59 Å². The van der Waals surface area contributed by atoms with Gasteiger partial charge in [-0.2, -0.15) is 0 Å². The van der Waals surface area contributed by atoms with Crippen molar-refractivity contribution in [2.75, 3.05) is 0 Å². The standard InChI is InChI=1S/C30H28ClN3O2/c1-20-12-18-25(19-13-20)34-28(29(35)32-24-10-6-3-7-11-24)26(22-14-16-23(31)17-15-22)33-27(30(34)36)21-8-4-2-5-9-21/h2,4-5,8-9,12-19,24H,3,6-7,10-11H2,1H3,(H,32,35). The minimum atomic E-state index is -0.337. The van der Waals surface area contributed by atoms with E-state index in [1.54, 1.807) is 12.1 Å². The Kier molecular flexibility index (Phi) is 7.01. The molecule has 5 nitrogen and oxygen atoms in total. The predicted molar refractivity (Wildman–Crippen MR) is 145 cm³/mol. The molecule has 1 amide bonds. The van der Waals surface area contributed by atoms with Crippen molar-refractivity contribution in [3.05, 3.63) is 105 Å². The summed E-state index contributed by atoms with van der Waals surface area (Å²) >= 11 is 6.17. The molecule has 0 atom stereocenters. The Bertz CT molecular complexity index is 1420. The van der Waals surface area contributed by atoms with Crippen molar-refractivity contribution >= 4 is 17.5 Å². The summed E-state index contributed by atoms with van der Waals surface area (Å²) in [4.78, 5) is 32.7. The van der Waals surface area contributed by atoms with Gasteiger partial charge in [0, 0.05) is 27.9 Å². The summed E-state index contributed by atoms with van der Waals surface area (Å²) < 4.78 is 1.51. The van der Waals surface area contributed by atoms with Gasteiger partial charge in [-0.25, -0.2) is 4.98 Å². The first-order valence-electron chi connectivity index (χ1n) is 12.4. The molecule has 1 aromatic heterocycles. The van der Waals surface area contributed by atoms with E-state index in [2.05, 4.69) is 5.32 Å². The molecule has 1 aliphatic carbocycles. The van der Waals surface area contributed by atoms with Gasteiger partial charge in [-0.1, -0.05) is 91.0 Å². The molecule has 36 heavy (non-hydrogen) atoms. The number of nitrogens with zero attached hydrogens (tertiary/aromatic N) is 2. The van der Waals surface area contributed by atoms with Gasteiger partial charge in [0.05, 0.1) is 0 Å². The highest BCUT2D eigenvalue weighted by molar-refractivity contribution is 6.30. The number of nitrogens with one attached hydrogen (secondary N) is 1. The molecule has 1 fully saturated rings. The van der Waals surface area contributed by atoms with Crippen molar-refractivity contribution in [2.24, 2.45) is 0 Å². The molecule has 1 N–H and O–H groups in total. The second kappa shape index (κ2) is 10.5. The summed E-state index contributed by atoms with van der Waals surface area (Å²) in [5, 5.41) is 3.79. The lowest BCUT2D eigenvalue weighted by molar-refractivity contribution is 0.0920. The summed E-state index contributed by atoms with van der Waals surface area (Å²) in [7, 11) is 0. The number of aryl methyl sites for hydroxylation is 1. The van der Waals surface area contributed by atoms with E-state index in [0.717, 1.165) is 31.2 Å². The molecule has 0 radical (unpaired) electrons. The Balaban J connectivity index is 1.79. The Labute approximate surface area is 215 Å². The van der Waals surface area contributed by atoms with Crippen molar-refractivity contribution in [2.45, 2.75) is 45.1 Å². The highest BCUT2D eigenvalue weighted by atomic mass is 35.5. The average molecular weight is 498 g/mol. The maximum atomic E-state index is 14.0. The van der Waals surface area contributed by atoms with E-state index in [1.807, 2.05) is 73.7 Å². The highest BCUT2D eigenvalue weighted by Gasteiger charge is 2.27. The minimum absolute atomic E-state index is 0.0830. The van der Waals surface area contributed by atoms with E-state index in [4.69, 9.17) is 16.6 Å². The largest absolute Gasteiger partial charge is 0.348 e. The molecule has 1 aliphatic rings. The lowest BCUT2D eigenvalue weighted by atomic mass is 9.95. The Morgan fingerprint density at radius 3 is 2.17 bits per heavy atom. The summed E-state index contributed by atoms with van der Waals surface area (Å²) in [6, 6.07) is 24.3. The lowest BCUT2D eigenvalue weighted by Gasteiger charge is -2.25. The smallest absolute Gasteiger partial charge is 0.282 e. The molecular weight excluding hydrogens is 470 g/mol. The molecule has 1 heterocycles. The van der Waals surface area contributed by atoms with Crippen LogP contribution >= 0.6 is 11.6 Å². The van der Waals surface area contributed by atoms with Crippen LogP contribution in [-0.4, -0.2) is 21.5 Å². The Morgan fingerprint density at radius 2 is 1.50 bits per heavy atom. The molecule has 5 rings (SSSR count). The van der Waals surface area contributed by atoms with Crippen LogP contribution in [0.15, 0.2) is 83.7 Å². The van der Waals surface area contributed by atoms with Gasteiger partial charge in [0.25, 0.3) is 11.5 Å². The minimum Gasteiger partial charge on any atom is -0.348 e. The molecule has 0 saturated heterocycles. The van der Waals surface area contributed by atoms with Gasteiger partial charge < -0.3 is 5.32 Å². The van der Waals surface area contributed by atoms with Crippen molar-refractivity contribution in [1.29, 1.82) is 0 Å². The predicted octanol–water partition coefficient (Wildman–Crippen LogP) is 6.59. The van der Waals surface area contributed by atoms with Gasteiger partial charge in [0.15, 0.2) is 0 Å². The van der Waals surface area contributed by atoms with E-state index in [0.29, 0.717) is 27.5 Å². The number of rotatable bonds is 5. The van der Waals surface area contributed by atoms with Gasteiger partial charge in [0.2, 0.25) is 0 Å². The molecule has 0 unspecified atom stereocenters. The zero-order valence-corrected chi connectivity index (χ0v) is 21.0. The summed E-state index contributed by atoms with van der Waals surface area (Å²) in [5.41, 5.74) is 3.72. The number of halogens is 1. The fourth-order valence-electron chi connectivity index (χ4n) is 4.77. The summed E-state index contributed by atoms with van der Waals surface area (Å²) in [6.07, 6.45) is 5.23. The van der Waals surface area contributed by atoms with Crippen molar-refractivity contribution in [1.82, 2.24) is 14.9 Å². The SMILES string of the molecule is Cc1ccc(-n2c(C(=O)NC3CCCCC3)c(-c3ccc(Cl)cc3)nc(-c3ccccc3)c2=O)cc1. The van der Waals surface area contributed by atoms with Crippen molar-refractivity contribution in [3.63, 3.8) is 0 Å². The number of benzene rings is 3. The van der Waals surface area contributed by atoms with Gasteiger partial charge in [-0.05, 0) is 44.0 Å². The number of hydrogen-bond acceptors (Lipinski definition) is 3. The maximum Gasteiger partial charge on any atom is 0.282 e. The number of carbonyl (C=O) groups is 1. The van der Waals surface area contributed by atoms with Crippen LogP contribution in [0.1, 0.15) is 48.2 Å². The van der Waals surface area contributed by atoms with Crippen LogP contribution in [0.5, 0.6) is 0 Å². The highest BCUT2D eigenvalue weighted by Crippen LogP contribution is 2.28. The molecule has 182 valence electrons. The Hall–Kier alpha value is -3.70. The van der Waals surface area contributed by atoms with Gasteiger partial charge in [-0.15, -0.1) is 0 Å². The number of carbonyl (C=O) groups excluding carboxylic acids is 1. The Morgan fingerprint density at radius 1 is 0.861 bits per heavy atom. The molecule has 6 heteroatoms. The van der Waals surface area contributed by atoms with Crippen molar-refractivity contribution in [3.8, 4) is 28.2 Å². The molecule has 3 aromatic carbocycles. The maximum absolute atomic E-state index is 14.0. The second-order valence-corrected chi connectivity index (χ2v) is 9.75. The number of aromatic nitrogens is 2. The molecular formula is C30H28ClN3O2. The van der Waals surface area contributed by atoms with Gasteiger partial charge in [-0.3, -0.25) is 14.2 Å². The lowest BCUT2D eigenvalue weighted by Crippen LogP contribution is -2.40. The van der Waals surface area contributed by atoms with Gasteiger partial charge in [0.1, 0.15) is 17.1 Å². The first kappa shape index (κ1) is 24.0. The molecule has 4 aromatic rings. The van der Waals surface area contributed by atoms with E-state index in [-0.39, 0.29) is 28.9 Å². The molecule has 0 spiro atoms. The van der Waals surface area contributed by atoms with E-state index in [1.165, 1.54) is 11.0 Å². The third-order valence-corrected chi connectivity index (χ3v) is 6.94. The van der Waals surface area contributed by atoms with Crippen molar-refractivity contribution < 1.29 is 4.79 Å². The number of amides is 1. The van der Waals surface area contributed by atoms with Crippen LogP contribution in [0, 0.1) is 6.92 Å². The van der Waals surface area contributed by atoms with Gasteiger partial charge >= 0.3 is 0 Å². The van der Waals surface area contributed by atoms with Crippen LogP contribution in [0.2, 0.25) is 5.02 Å². The van der Waals surface area contributed by atoms with E-state index < -0.39 is 0 Å². The summed E-state index contributed by atoms with van der Waals surface area (Å²) in [6.45, 7) is 1.99. The zero-order chi connectivity index (χ0) is 25.1. The fraction of sp³-hybridized carbons (Fsp3) is 0.233. The summed E-state index contributed by atoms with van der Waals surface area (Å²) in [5.74, 6) is -0.295. The zero-order valence-electron chi connectivity index (χ0n) is 20.2. The average Bonchev–Trinajstić information content (AvgIpc) is 2.90. The second-order valence-electron chi connectivity index (χ2n) is 9.32. The van der Waals surface area contributed by atoms with E-state index >= 15 is 0 Å². The topological polar surface area (TPSA) is 64.0 Å². The first-order valence-corrected chi connectivity index (χ1v) is 12.8. The van der Waals surface area contributed by atoms with Crippen LogP contribution < -0.4 is 10.9 Å². The monoisotopic (exact) mass is 497 g/mol. The molecule has 1 saturated carbocycles. The molecule has 0 bridgehead atoms. The van der Waals surface area contributed by atoms with Crippen LogP contribution in [-0.2, 0) is 0 Å². The number of hydrogen-bond donors (Lipinski definition) is 1.